The first kappa shape index (κ1) is 24.3. The molecule has 1 amide bonds. The molecule has 2 aromatic carbocycles. The van der Waals surface area contributed by atoms with Crippen LogP contribution in [0.15, 0.2) is 64.5 Å². The Morgan fingerprint density at radius 2 is 1.74 bits per heavy atom. The van der Waals surface area contributed by atoms with Crippen LogP contribution in [0.25, 0.3) is 10.9 Å². The van der Waals surface area contributed by atoms with Crippen molar-refractivity contribution in [2.45, 2.75) is 28.8 Å². The summed E-state index contributed by atoms with van der Waals surface area (Å²) in [5.41, 5.74) is 0.228. The van der Waals surface area contributed by atoms with Gasteiger partial charge in [-0.25, -0.2) is 20.8 Å². The van der Waals surface area contributed by atoms with Crippen LogP contribution < -0.4 is 5.32 Å². The number of nitrogens with one attached hydrogen (secondary N) is 1. The van der Waals surface area contributed by atoms with Gasteiger partial charge in [-0.05, 0) is 42.8 Å². The Morgan fingerprint density at radius 1 is 0.971 bits per heavy atom. The Morgan fingerprint density at radius 3 is 2.46 bits per heavy atom. The summed E-state index contributed by atoms with van der Waals surface area (Å²) in [5, 5.41) is 3.72. The maximum atomic E-state index is 13.9. The molecule has 0 saturated carbocycles. The molecular weight excluding hydrogens is 512 g/mol. The molecule has 2 aliphatic heterocycles. The Labute approximate surface area is 209 Å². The second-order valence-electron chi connectivity index (χ2n) is 8.73. The number of hydrogen-bond donors (Lipinski definition) is 1. The first-order valence-corrected chi connectivity index (χ1v) is 14.6. The fourth-order valence-electron chi connectivity index (χ4n) is 4.69. The van der Waals surface area contributed by atoms with Crippen LogP contribution in [0.5, 0.6) is 0 Å². The summed E-state index contributed by atoms with van der Waals surface area (Å²) in [4.78, 5) is 13.8. The maximum absolute atomic E-state index is 13.9. The van der Waals surface area contributed by atoms with Crippen LogP contribution in [0.4, 0.5) is 0 Å². The second kappa shape index (κ2) is 9.21. The van der Waals surface area contributed by atoms with Crippen molar-refractivity contribution in [2.24, 2.45) is 0 Å². The smallest absolute Gasteiger partial charge is 0.269 e. The van der Waals surface area contributed by atoms with Crippen LogP contribution in [-0.2, 0) is 24.8 Å². The lowest BCUT2D eigenvalue weighted by Gasteiger charge is -2.34. The van der Waals surface area contributed by atoms with E-state index in [1.54, 1.807) is 29.2 Å². The molecule has 1 N–H and O–H groups in total. The molecule has 35 heavy (non-hydrogen) atoms. The van der Waals surface area contributed by atoms with Gasteiger partial charge >= 0.3 is 0 Å². The van der Waals surface area contributed by atoms with Crippen LogP contribution >= 0.6 is 11.6 Å². The highest BCUT2D eigenvalue weighted by Crippen LogP contribution is 2.32. The minimum Gasteiger partial charge on any atom is -0.341 e. The maximum Gasteiger partial charge on any atom is 0.269 e. The molecule has 0 spiro atoms. The molecule has 0 bridgehead atoms. The van der Waals surface area contributed by atoms with Crippen molar-refractivity contribution in [3.63, 3.8) is 0 Å². The van der Waals surface area contributed by atoms with Gasteiger partial charge in [0.15, 0.2) is 5.03 Å². The quantitative estimate of drug-likeness (QED) is 0.517. The highest BCUT2D eigenvalue weighted by atomic mass is 35.5. The van der Waals surface area contributed by atoms with Crippen molar-refractivity contribution in [1.29, 1.82) is 0 Å². The largest absolute Gasteiger partial charge is 0.341 e. The lowest BCUT2D eigenvalue weighted by atomic mass is 10.2. The predicted octanol–water partition coefficient (Wildman–Crippen LogP) is 2.12. The molecule has 9 nitrogen and oxygen atoms in total. The minimum absolute atomic E-state index is 0.0189. The first-order valence-electron chi connectivity index (χ1n) is 11.3. The van der Waals surface area contributed by atoms with E-state index in [9.17, 15) is 21.6 Å². The van der Waals surface area contributed by atoms with Gasteiger partial charge < -0.3 is 10.2 Å². The third-order valence-electron chi connectivity index (χ3n) is 6.40. The highest BCUT2D eigenvalue weighted by Gasteiger charge is 2.37. The van der Waals surface area contributed by atoms with Gasteiger partial charge in [0.25, 0.3) is 20.0 Å². The van der Waals surface area contributed by atoms with E-state index in [0.29, 0.717) is 36.5 Å². The first-order chi connectivity index (χ1) is 16.7. The van der Waals surface area contributed by atoms with E-state index in [-0.39, 0.29) is 40.5 Å². The Hall–Kier alpha value is -2.44. The number of likely N-dealkylation sites (tertiary alicyclic amines) is 1. The SMILES string of the molecule is O=C1CCCN1CC1CN(S(=O)(=O)c2cc3cc(Cl)ccc3n2S(=O)(=O)c2ccccc2)CCN1. The molecule has 0 radical (unpaired) electrons. The van der Waals surface area contributed by atoms with Gasteiger partial charge in [0.05, 0.1) is 10.4 Å². The molecule has 3 aromatic rings. The molecule has 2 aliphatic rings. The lowest BCUT2D eigenvalue weighted by molar-refractivity contribution is -0.128. The number of aromatic nitrogens is 1. The molecule has 1 aromatic heterocycles. The molecule has 0 aliphatic carbocycles. The zero-order valence-electron chi connectivity index (χ0n) is 18.8. The molecule has 3 heterocycles. The highest BCUT2D eigenvalue weighted by molar-refractivity contribution is 7.92. The van der Waals surface area contributed by atoms with Crippen molar-refractivity contribution in [2.75, 3.05) is 32.7 Å². The average molecular weight is 537 g/mol. The van der Waals surface area contributed by atoms with Gasteiger partial charge in [0, 0.05) is 55.6 Å². The molecular formula is C23H25ClN4O5S2. The third-order valence-corrected chi connectivity index (χ3v) is 10.3. The average Bonchev–Trinajstić information content (AvgIpc) is 3.43. The summed E-state index contributed by atoms with van der Waals surface area (Å²) >= 11 is 6.13. The van der Waals surface area contributed by atoms with Crippen LogP contribution in [0.1, 0.15) is 12.8 Å². The summed E-state index contributed by atoms with van der Waals surface area (Å²) in [6.07, 6.45) is 1.31. The van der Waals surface area contributed by atoms with E-state index in [1.807, 2.05) is 0 Å². The van der Waals surface area contributed by atoms with E-state index in [1.165, 1.54) is 34.6 Å². The Balaban J connectivity index is 1.57. The third kappa shape index (κ3) is 4.47. The van der Waals surface area contributed by atoms with Crippen molar-refractivity contribution >= 4 is 48.5 Å². The fraction of sp³-hybridized carbons (Fsp3) is 0.348. The van der Waals surface area contributed by atoms with Crippen LogP contribution in [0.3, 0.4) is 0 Å². The number of benzene rings is 2. The zero-order chi connectivity index (χ0) is 24.8. The van der Waals surface area contributed by atoms with E-state index in [2.05, 4.69) is 5.32 Å². The van der Waals surface area contributed by atoms with Gasteiger partial charge in [-0.15, -0.1) is 0 Å². The van der Waals surface area contributed by atoms with Crippen LogP contribution in [0, 0.1) is 0 Å². The van der Waals surface area contributed by atoms with Crippen molar-refractivity contribution in [3.05, 3.63) is 59.6 Å². The van der Waals surface area contributed by atoms with Crippen LogP contribution in [-0.4, -0.2) is 74.7 Å². The summed E-state index contributed by atoms with van der Waals surface area (Å²) < 4.78 is 57.3. The molecule has 12 heteroatoms. The van der Waals surface area contributed by atoms with E-state index >= 15 is 0 Å². The summed E-state index contributed by atoms with van der Waals surface area (Å²) in [6.45, 7) is 1.77. The number of piperazine rings is 1. The number of hydrogen-bond acceptors (Lipinski definition) is 6. The summed E-state index contributed by atoms with van der Waals surface area (Å²) in [6, 6.07) is 13.4. The van der Waals surface area contributed by atoms with Gasteiger partial charge in [0.1, 0.15) is 0 Å². The molecule has 186 valence electrons. The fourth-order valence-corrected chi connectivity index (χ4v) is 8.43. The number of carbonyl (C=O) groups excluding carboxylic acids is 1. The van der Waals surface area contributed by atoms with Crippen LogP contribution in [0.2, 0.25) is 5.02 Å². The van der Waals surface area contributed by atoms with Crippen molar-refractivity contribution in [1.82, 2.24) is 18.5 Å². The van der Waals surface area contributed by atoms with Crippen molar-refractivity contribution < 1.29 is 21.6 Å². The summed E-state index contributed by atoms with van der Waals surface area (Å²) in [5.74, 6) is 0.0674. The molecule has 2 fully saturated rings. The Kier molecular flexibility index (Phi) is 6.39. The number of rotatable bonds is 6. The zero-order valence-corrected chi connectivity index (χ0v) is 21.2. The predicted molar refractivity (Wildman–Crippen MR) is 132 cm³/mol. The number of halogens is 1. The van der Waals surface area contributed by atoms with Gasteiger partial charge in [-0.3, -0.25) is 4.79 Å². The van der Waals surface area contributed by atoms with Gasteiger partial charge in [-0.1, -0.05) is 29.8 Å². The molecule has 2 saturated heterocycles. The lowest BCUT2D eigenvalue weighted by Crippen LogP contribution is -2.56. The second-order valence-corrected chi connectivity index (χ2v) is 12.8. The number of nitrogens with zero attached hydrogens (tertiary/aromatic N) is 3. The van der Waals surface area contributed by atoms with E-state index in [4.69, 9.17) is 11.6 Å². The van der Waals surface area contributed by atoms with E-state index in [0.717, 1.165) is 10.4 Å². The Bertz CT molecular complexity index is 1490. The number of fused-ring (bicyclic) bond motifs is 1. The monoisotopic (exact) mass is 536 g/mol. The number of carbonyl (C=O) groups is 1. The number of sulfonamides is 1. The minimum atomic E-state index is -4.23. The summed E-state index contributed by atoms with van der Waals surface area (Å²) in [7, 11) is -8.44. The van der Waals surface area contributed by atoms with Gasteiger partial charge in [-0.2, -0.15) is 4.31 Å². The molecule has 1 atom stereocenters. The van der Waals surface area contributed by atoms with Crippen molar-refractivity contribution in [3.8, 4) is 0 Å². The van der Waals surface area contributed by atoms with Gasteiger partial charge in [0.2, 0.25) is 5.91 Å². The molecule has 1 unspecified atom stereocenters. The number of amides is 1. The standard InChI is InChI=1S/C23H25ClN4O5S2/c24-18-8-9-21-17(13-18)14-23(28(21)34(30,31)20-5-2-1-3-6-20)35(32,33)27-12-10-25-19(16-27)15-26-11-4-7-22(26)29/h1-3,5-6,8-9,13-14,19,25H,4,7,10-12,15-16H2. The topological polar surface area (TPSA) is 109 Å². The van der Waals surface area contributed by atoms with E-state index < -0.39 is 20.0 Å². The molecule has 5 rings (SSSR count). The normalized spacial score (nSPS) is 20.1.